The summed E-state index contributed by atoms with van der Waals surface area (Å²) in [7, 11) is 1.27. The summed E-state index contributed by atoms with van der Waals surface area (Å²) in [6, 6.07) is 8.88. The molecular formula is C20H17N3O7S. The van der Waals surface area contributed by atoms with Gasteiger partial charge in [0.15, 0.2) is 10.9 Å². The normalized spacial score (nSPS) is 15.7. The quantitative estimate of drug-likeness (QED) is 0.300. The molecule has 31 heavy (non-hydrogen) atoms. The fourth-order valence-electron chi connectivity index (χ4n) is 2.63. The maximum atomic E-state index is 12.3. The fraction of sp³-hybridized carbons (Fsp3) is 0.150. The Balaban J connectivity index is 1.83. The van der Waals surface area contributed by atoms with E-state index in [0.29, 0.717) is 22.0 Å². The number of amides is 1. The Morgan fingerprint density at radius 1 is 1.32 bits per heavy atom. The number of nitrogens with one attached hydrogen (secondary N) is 1. The van der Waals surface area contributed by atoms with Crippen molar-refractivity contribution < 1.29 is 29.1 Å². The van der Waals surface area contributed by atoms with Crippen LogP contribution < -0.4 is 10.1 Å². The molecule has 11 heteroatoms. The fourth-order valence-corrected chi connectivity index (χ4v) is 3.47. The molecule has 0 saturated carbocycles. The lowest BCUT2D eigenvalue weighted by Crippen LogP contribution is -2.19. The molecule has 0 spiro atoms. The van der Waals surface area contributed by atoms with E-state index in [9.17, 15) is 24.8 Å². The van der Waals surface area contributed by atoms with Crippen molar-refractivity contribution in [1.29, 1.82) is 0 Å². The van der Waals surface area contributed by atoms with Gasteiger partial charge < -0.3 is 19.9 Å². The summed E-state index contributed by atoms with van der Waals surface area (Å²) in [6.45, 7) is 1.99. The molecule has 2 N–H and O–H groups in total. The molecule has 1 heterocycles. The number of carbonyl (C=O) groups excluding carboxylic acids is 2. The third kappa shape index (κ3) is 5.01. The van der Waals surface area contributed by atoms with E-state index in [1.807, 2.05) is 0 Å². The Labute approximate surface area is 180 Å². The molecule has 160 valence electrons. The van der Waals surface area contributed by atoms with Gasteiger partial charge in [-0.2, -0.15) is 0 Å². The molecule has 2 aromatic rings. The van der Waals surface area contributed by atoms with Crippen LogP contribution in [0.15, 0.2) is 46.3 Å². The van der Waals surface area contributed by atoms with Gasteiger partial charge in [0.25, 0.3) is 5.91 Å². The topological polar surface area (TPSA) is 140 Å². The number of rotatable bonds is 6. The summed E-state index contributed by atoms with van der Waals surface area (Å²) in [5.41, 5.74) is 0.667. The largest absolute Gasteiger partial charge is 0.500 e. The summed E-state index contributed by atoms with van der Waals surface area (Å²) in [5, 5.41) is 23.9. The van der Waals surface area contributed by atoms with E-state index in [1.54, 1.807) is 31.2 Å². The second-order valence-corrected chi connectivity index (χ2v) is 7.13. The number of benzene rings is 2. The Morgan fingerprint density at radius 3 is 2.65 bits per heavy atom. The van der Waals surface area contributed by atoms with Crippen molar-refractivity contribution in [2.75, 3.05) is 13.7 Å². The number of methoxy groups -OCH3 is 1. The molecule has 1 aliphatic rings. The van der Waals surface area contributed by atoms with Gasteiger partial charge in [-0.3, -0.25) is 14.9 Å². The smallest absolute Gasteiger partial charge is 0.338 e. The highest BCUT2D eigenvalue weighted by Crippen LogP contribution is 2.38. The zero-order chi connectivity index (χ0) is 22.5. The molecule has 0 radical (unpaired) electrons. The van der Waals surface area contributed by atoms with Gasteiger partial charge in [0.05, 0.1) is 34.8 Å². The van der Waals surface area contributed by atoms with E-state index in [-0.39, 0.29) is 17.3 Å². The molecular weight excluding hydrogens is 426 g/mol. The van der Waals surface area contributed by atoms with Gasteiger partial charge >= 0.3 is 11.7 Å². The van der Waals surface area contributed by atoms with Crippen LogP contribution in [0.1, 0.15) is 22.8 Å². The van der Waals surface area contributed by atoms with Crippen LogP contribution in [-0.2, 0) is 9.53 Å². The Morgan fingerprint density at radius 2 is 2.03 bits per heavy atom. The number of hydrogen-bond donors (Lipinski definition) is 2. The number of amidine groups is 1. The maximum Gasteiger partial charge on any atom is 0.338 e. The van der Waals surface area contributed by atoms with E-state index in [4.69, 9.17) is 9.47 Å². The van der Waals surface area contributed by atoms with Crippen LogP contribution in [0.25, 0.3) is 6.08 Å². The average Bonchev–Trinajstić information content (AvgIpc) is 3.08. The number of aromatic hydroxyl groups is 1. The van der Waals surface area contributed by atoms with Crippen molar-refractivity contribution in [3.05, 3.63) is 62.5 Å². The summed E-state index contributed by atoms with van der Waals surface area (Å²) in [4.78, 5) is 39.0. The van der Waals surface area contributed by atoms with Crippen molar-refractivity contribution in [3.8, 4) is 11.5 Å². The summed E-state index contributed by atoms with van der Waals surface area (Å²) < 4.78 is 9.88. The number of carbonyl (C=O) groups is 2. The number of thioether (sulfide) groups is 1. The minimum absolute atomic E-state index is 0.0833. The van der Waals surface area contributed by atoms with Crippen LogP contribution >= 0.6 is 11.8 Å². The molecule has 10 nitrogen and oxygen atoms in total. The SMILES string of the molecule is CCOC(=O)c1ccc(N=C2NC(=O)/C(=C\c3cc(OC)c(O)c([N+](=O)[O-])c3)S2)cc1. The molecule has 1 saturated heterocycles. The molecule has 2 aromatic carbocycles. The summed E-state index contributed by atoms with van der Waals surface area (Å²) in [6.07, 6.45) is 1.43. The van der Waals surface area contributed by atoms with Gasteiger partial charge in [0, 0.05) is 6.07 Å². The van der Waals surface area contributed by atoms with Crippen molar-refractivity contribution in [1.82, 2.24) is 5.32 Å². The van der Waals surface area contributed by atoms with Crippen molar-refractivity contribution >= 4 is 46.3 Å². The lowest BCUT2D eigenvalue weighted by atomic mass is 10.1. The van der Waals surface area contributed by atoms with Crippen LogP contribution in [0.3, 0.4) is 0 Å². The average molecular weight is 443 g/mol. The number of phenolic OH excluding ortho intramolecular Hbond substituents is 1. The van der Waals surface area contributed by atoms with Crippen molar-refractivity contribution in [2.45, 2.75) is 6.92 Å². The van der Waals surface area contributed by atoms with Crippen LogP contribution in [0.4, 0.5) is 11.4 Å². The molecule has 0 aliphatic carbocycles. The zero-order valence-corrected chi connectivity index (χ0v) is 17.3. The number of nitrogens with zero attached hydrogens (tertiary/aromatic N) is 2. The first kappa shape index (κ1) is 21.8. The lowest BCUT2D eigenvalue weighted by Gasteiger charge is -2.05. The van der Waals surface area contributed by atoms with Gasteiger partial charge in [-0.25, -0.2) is 9.79 Å². The Bertz CT molecular complexity index is 1110. The highest BCUT2D eigenvalue weighted by atomic mass is 32.2. The molecule has 0 aromatic heterocycles. The van der Waals surface area contributed by atoms with Gasteiger partial charge in [-0.15, -0.1) is 0 Å². The van der Waals surface area contributed by atoms with Gasteiger partial charge in [-0.1, -0.05) is 0 Å². The minimum atomic E-state index is -0.742. The van der Waals surface area contributed by atoms with Crippen molar-refractivity contribution in [2.24, 2.45) is 4.99 Å². The summed E-state index contributed by atoms with van der Waals surface area (Å²) >= 11 is 1.04. The van der Waals surface area contributed by atoms with Crippen LogP contribution in [0.5, 0.6) is 11.5 Å². The second-order valence-electron chi connectivity index (χ2n) is 6.10. The van der Waals surface area contributed by atoms with Gasteiger partial charge in [0.2, 0.25) is 5.75 Å². The predicted molar refractivity (Wildman–Crippen MR) is 115 cm³/mol. The molecule has 0 bridgehead atoms. The molecule has 0 unspecified atom stereocenters. The minimum Gasteiger partial charge on any atom is -0.500 e. The Kier molecular flexibility index (Phi) is 6.55. The number of ether oxygens (including phenoxy) is 2. The maximum absolute atomic E-state index is 12.3. The third-order valence-corrected chi connectivity index (χ3v) is 4.96. The lowest BCUT2D eigenvalue weighted by molar-refractivity contribution is -0.386. The number of phenols is 1. The van der Waals surface area contributed by atoms with E-state index in [2.05, 4.69) is 10.3 Å². The number of nitro groups is 1. The van der Waals surface area contributed by atoms with Gasteiger partial charge in [0.1, 0.15) is 0 Å². The molecule has 3 rings (SSSR count). The van der Waals surface area contributed by atoms with Gasteiger partial charge in [-0.05, 0) is 60.7 Å². The highest BCUT2D eigenvalue weighted by molar-refractivity contribution is 8.18. The summed E-state index contributed by atoms with van der Waals surface area (Å²) in [5.74, 6) is -1.54. The number of aliphatic imine (C=N–C) groups is 1. The van der Waals surface area contributed by atoms with E-state index in [1.165, 1.54) is 19.3 Å². The first-order chi connectivity index (χ1) is 14.8. The Hall–Kier alpha value is -3.86. The van der Waals surface area contributed by atoms with E-state index < -0.39 is 28.2 Å². The number of nitro benzene ring substituents is 1. The monoisotopic (exact) mass is 443 g/mol. The molecule has 1 amide bonds. The second kappa shape index (κ2) is 9.30. The van der Waals surface area contributed by atoms with Crippen LogP contribution in [-0.4, -0.2) is 40.8 Å². The van der Waals surface area contributed by atoms with Crippen molar-refractivity contribution in [3.63, 3.8) is 0 Å². The van der Waals surface area contributed by atoms with Crippen LogP contribution in [0.2, 0.25) is 0 Å². The number of esters is 1. The third-order valence-electron chi connectivity index (χ3n) is 4.05. The molecule has 1 aliphatic heterocycles. The molecule has 1 fully saturated rings. The molecule has 0 atom stereocenters. The highest BCUT2D eigenvalue weighted by Gasteiger charge is 2.25. The van der Waals surface area contributed by atoms with Crippen LogP contribution in [0, 0.1) is 10.1 Å². The number of hydrogen-bond acceptors (Lipinski definition) is 9. The standard InChI is InChI=1S/C20H17N3O7S/c1-3-30-19(26)12-4-6-13(7-5-12)21-20-22-18(25)16(31-20)10-11-8-14(23(27)28)17(24)15(9-11)29-2/h4-10,24H,3H2,1-2H3,(H,21,22,25)/b16-10+. The first-order valence-corrected chi connectivity index (χ1v) is 9.76. The zero-order valence-electron chi connectivity index (χ0n) is 16.4. The first-order valence-electron chi connectivity index (χ1n) is 8.94. The predicted octanol–water partition coefficient (Wildman–Crippen LogP) is 3.38. The van der Waals surface area contributed by atoms with E-state index in [0.717, 1.165) is 17.8 Å². The van der Waals surface area contributed by atoms with E-state index >= 15 is 0 Å².